The van der Waals surface area contributed by atoms with Crippen LogP contribution in [0.25, 0.3) is 0 Å². The first-order valence-electron chi connectivity index (χ1n) is 7.06. The van der Waals surface area contributed by atoms with Crippen LogP contribution in [0.15, 0.2) is 59.5 Å². The fraction of sp³-hybridized carbons (Fsp3) is 0.333. The van der Waals surface area contributed by atoms with Crippen LogP contribution in [0, 0.1) is 0 Å². The van der Waals surface area contributed by atoms with Gasteiger partial charge in [-0.15, -0.1) is 11.8 Å². The molecule has 2 aromatic rings. The molecule has 0 spiro atoms. The van der Waals surface area contributed by atoms with Crippen LogP contribution in [0.3, 0.4) is 0 Å². The molecule has 0 aliphatic carbocycles. The molecule has 1 atom stereocenters. The van der Waals surface area contributed by atoms with Crippen LogP contribution in [0.2, 0.25) is 0 Å². The van der Waals surface area contributed by atoms with E-state index in [0.717, 1.165) is 6.42 Å². The predicted molar refractivity (Wildman–Crippen MR) is 89.1 cm³/mol. The second kappa shape index (κ2) is 6.47. The molecule has 0 radical (unpaired) electrons. The molecule has 2 N–H and O–H groups in total. The Morgan fingerprint density at radius 1 is 1.05 bits per heavy atom. The number of hydrogen-bond donors (Lipinski definition) is 1. The van der Waals surface area contributed by atoms with Crippen LogP contribution < -0.4 is 5.73 Å². The Balaban J connectivity index is 2.17. The van der Waals surface area contributed by atoms with Crippen molar-refractivity contribution in [2.24, 2.45) is 5.73 Å². The summed E-state index contributed by atoms with van der Waals surface area (Å²) >= 11 is 1.90. The van der Waals surface area contributed by atoms with Crippen molar-refractivity contribution in [1.82, 2.24) is 0 Å². The van der Waals surface area contributed by atoms with Gasteiger partial charge in [-0.3, -0.25) is 0 Å². The first-order chi connectivity index (χ1) is 9.47. The number of benzene rings is 2. The third-order valence-corrected chi connectivity index (χ3v) is 4.53. The van der Waals surface area contributed by atoms with Gasteiger partial charge >= 0.3 is 0 Å². The first-order valence-corrected chi connectivity index (χ1v) is 7.88. The van der Waals surface area contributed by atoms with Gasteiger partial charge in [0.2, 0.25) is 0 Å². The van der Waals surface area contributed by atoms with Gasteiger partial charge in [0, 0.05) is 15.7 Å². The fourth-order valence-corrected chi connectivity index (χ4v) is 3.50. The maximum Gasteiger partial charge on any atom is 0.0399 e. The summed E-state index contributed by atoms with van der Waals surface area (Å²) in [6.07, 6.45) is 0.931. The van der Waals surface area contributed by atoms with Gasteiger partial charge in [0.15, 0.2) is 0 Å². The summed E-state index contributed by atoms with van der Waals surface area (Å²) in [6.45, 7) is 6.59. The van der Waals surface area contributed by atoms with E-state index >= 15 is 0 Å². The van der Waals surface area contributed by atoms with E-state index in [0.29, 0.717) is 0 Å². The SMILES string of the molecule is CC(N)Cc1cccc(SC(C)(C)c2ccccc2)c1. The van der Waals surface area contributed by atoms with Crippen molar-refractivity contribution in [3.63, 3.8) is 0 Å². The lowest BCUT2D eigenvalue weighted by atomic mass is 10.0. The highest BCUT2D eigenvalue weighted by atomic mass is 32.2. The molecule has 20 heavy (non-hydrogen) atoms. The fourth-order valence-electron chi connectivity index (χ4n) is 2.30. The lowest BCUT2D eigenvalue weighted by molar-refractivity contribution is 0.736. The third-order valence-electron chi connectivity index (χ3n) is 3.30. The summed E-state index contributed by atoms with van der Waals surface area (Å²) in [7, 11) is 0. The second-order valence-corrected chi connectivity index (χ2v) is 7.50. The van der Waals surface area contributed by atoms with Gasteiger partial charge in [0.05, 0.1) is 0 Å². The summed E-state index contributed by atoms with van der Waals surface area (Å²) < 4.78 is 0.0637. The molecule has 1 unspecified atom stereocenters. The minimum Gasteiger partial charge on any atom is -0.328 e. The molecule has 2 heteroatoms. The first kappa shape index (κ1) is 15.1. The normalized spacial score (nSPS) is 13.2. The van der Waals surface area contributed by atoms with Crippen molar-refractivity contribution >= 4 is 11.8 Å². The van der Waals surface area contributed by atoms with Crippen LogP contribution >= 0.6 is 11.8 Å². The van der Waals surface area contributed by atoms with E-state index in [1.165, 1.54) is 16.0 Å². The van der Waals surface area contributed by atoms with Gasteiger partial charge in [-0.25, -0.2) is 0 Å². The maximum absolute atomic E-state index is 5.89. The molecule has 0 amide bonds. The Bertz CT molecular complexity index is 546. The molecule has 2 rings (SSSR count). The highest BCUT2D eigenvalue weighted by Crippen LogP contribution is 2.40. The molecule has 0 fully saturated rings. The summed E-state index contributed by atoms with van der Waals surface area (Å²) in [5, 5.41) is 0. The van der Waals surface area contributed by atoms with Crippen LogP contribution in [-0.4, -0.2) is 6.04 Å². The van der Waals surface area contributed by atoms with Crippen molar-refractivity contribution in [2.75, 3.05) is 0 Å². The highest BCUT2D eigenvalue weighted by molar-refractivity contribution is 8.00. The van der Waals surface area contributed by atoms with E-state index in [9.17, 15) is 0 Å². The van der Waals surface area contributed by atoms with Gasteiger partial charge in [-0.2, -0.15) is 0 Å². The molecule has 0 bridgehead atoms. The molecule has 0 aliphatic heterocycles. The molecule has 106 valence electrons. The molecule has 0 saturated carbocycles. The van der Waals surface area contributed by atoms with Crippen molar-refractivity contribution in [2.45, 2.75) is 42.9 Å². The quantitative estimate of drug-likeness (QED) is 0.812. The predicted octanol–water partition coefficient (Wildman–Crippen LogP) is 4.60. The van der Waals surface area contributed by atoms with Crippen molar-refractivity contribution in [3.05, 3.63) is 65.7 Å². The van der Waals surface area contributed by atoms with E-state index in [2.05, 4.69) is 68.4 Å². The third kappa shape index (κ3) is 4.12. The van der Waals surface area contributed by atoms with E-state index in [-0.39, 0.29) is 10.8 Å². The number of thioether (sulfide) groups is 1. The van der Waals surface area contributed by atoms with Gasteiger partial charge < -0.3 is 5.73 Å². The Kier molecular flexibility index (Phi) is 4.90. The Morgan fingerprint density at radius 3 is 2.40 bits per heavy atom. The molecule has 0 heterocycles. The average molecular weight is 285 g/mol. The molecule has 0 saturated heterocycles. The Hall–Kier alpha value is -1.25. The number of rotatable bonds is 5. The van der Waals surface area contributed by atoms with E-state index < -0.39 is 0 Å². The zero-order valence-corrected chi connectivity index (χ0v) is 13.3. The van der Waals surface area contributed by atoms with E-state index in [1.807, 2.05) is 18.7 Å². The molecule has 0 aromatic heterocycles. The van der Waals surface area contributed by atoms with Crippen molar-refractivity contribution in [3.8, 4) is 0 Å². The van der Waals surface area contributed by atoms with Gasteiger partial charge in [0.25, 0.3) is 0 Å². The van der Waals surface area contributed by atoms with Gasteiger partial charge in [-0.05, 0) is 50.5 Å². The summed E-state index contributed by atoms with van der Waals surface area (Å²) in [6, 6.07) is 19.6. The summed E-state index contributed by atoms with van der Waals surface area (Å²) in [5.41, 5.74) is 8.55. The van der Waals surface area contributed by atoms with Crippen molar-refractivity contribution < 1.29 is 0 Å². The lowest BCUT2D eigenvalue weighted by Crippen LogP contribution is -2.17. The highest BCUT2D eigenvalue weighted by Gasteiger charge is 2.21. The zero-order chi connectivity index (χ0) is 14.6. The summed E-state index contributed by atoms with van der Waals surface area (Å²) in [5.74, 6) is 0. The number of hydrogen-bond acceptors (Lipinski definition) is 2. The monoisotopic (exact) mass is 285 g/mol. The average Bonchev–Trinajstić information content (AvgIpc) is 2.39. The van der Waals surface area contributed by atoms with Gasteiger partial charge in [-0.1, -0.05) is 42.5 Å². The second-order valence-electron chi connectivity index (χ2n) is 5.81. The summed E-state index contributed by atoms with van der Waals surface area (Å²) in [4.78, 5) is 1.30. The molecular weight excluding hydrogens is 262 g/mol. The minimum absolute atomic E-state index is 0.0637. The van der Waals surface area contributed by atoms with Crippen LogP contribution in [0.1, 0.15) is 31.9 Å². The zero-order valence-electron chi connectivity index (χ0n) is 12.5. The topological polar surface area (TPSA) is 26.0 Å². The Labute approximate surface area is 126 Å². The van der Waals surface area contributed by atoms with Gasteiger partial charge in [0.1, 0.15) is 0 Å². The van der Waals surface area contributed by atoms with Crippen LogP contribution in [0.4, 0.5) is 0 Å². The minimum atomic E-state index is 0.0637. The van der Waals surface area contributed by atoms with Crippen LogP contribution in [-0.2, 0) is 11.2 Å². The van der Waals surface area contributed by atoms with E-state index in [1.54, 1.807) is 0 Å². The molecule has 2 aromatic carbocycles. The molecular formula is C18H23NS. The number of nitrogens with two attached hydrogens (primary N) is 1. The van der Waals surface area contributed by atoms with Crippen molar-refractivity contribution in [1.29, 1.82) is 0 Å². The molecule has 0 aliphatic rings. The Morgan fingerprint density at radius 2 is 1.75 bits per heavy atom. The maximum atomic E-state index is 5.89. The largest absolute Gasteiger partial charge is 0.328 e. The lowest BCUT2D eigenvalue weighted by Gasteiger charge is -2.25. The smallest absolute Gasteiger partial charge is 0.0399 e. The standard InChI is InChI=1S/C18H23NS/c1-14(19)12-15-8-7-11-17(13-15)20-18(2,3)16-9-5-4-6-10-16/h4-11,13-14H,12,19H2,1-3H3. The van der Waals surface area contributed by atoms with Crippen LogP contribution in [0.5, 0.6) is 0 Å². The molecule has 1 nitrogen and oxygen atoms in total. The van der Waals surface area contributed by atoms with E-state index in [4.69, 9.17) is 5.73 Å².